The first-order valence-corrected chi connectivity index (χ1v) is 5.73. The van der Waals surface area contributed by atoms with Gasteiger partial charge in [-0.3, -0.25) is 4.79 Å². The maximum atomic E-state index is 12.0. The Morgan fingerprint density at radius 3 is 2.93 bits per heavy atom. The van der Waals surface area contributed by atoms with Crippen molar-refractivity contribution in [2.24, 2.45) is 5.92 Å². The zero-order chi connectivity index (χ0) is 11.0. The number of piperidine rings is 1. The van der Waals surface area contributed by atoms with Crippen molar-refractivity contribution in [3.63, 3.8) is 0 Å². The van der Waals surface area contributed by atoms with Gasteiger partial charge in [-0.2, -0.15) is 0 Å². The van der Waals surface area contributed by atoms with E-state index in [9.17, 15) is 4.79 Å². The van der Waals surface area contributed by atoms with Crippen LogP contribution in [0, 0.1) is 5.92 Å². The summed E-state index contributed by atoms with van der Waals surface area (Å²) in [7, 11) is 1.89. The summed E-state index contributed by atoms with van der Waals surface area (Å²) in [5, 5.41) is 3.38. The minimum atomic E-state index is -0.251. The topological polar surface area (TPSA) is 41.6 Å². The number of rotatable bonds is 1. The number of nitrogens with zero attached hydrogens (tertiary/aromatic N) is 1. The molecule has 0 saturated carbocycles. The number of likely N-dealkylation sites (N-methyl/N-ethyl adjacent to an activating group) is 1. The maximum absolute atomic E-state index is 12.0. The molecule has 0 radical (unpaired) electrons. The van der Waals surface area contributed by atoms with E-state index >= 15 is 0 Å². The number of morpholine rings is 1. The molecule has 4 nitrogen and oxygen atoms in total. The van der Waals surface area contributed by atoms with Crippen molar-refractivity contribution < 1.29 is 9.53 Å². The van der Waals surface area contributed by atoms with Crippen LogP contribution in [0.1, 0.15) is 20.3 Å². The van der Waals surface area contributed by atoms with Gasteiger partial charge in [-0.15, -0.1) is 0 Å². The third-order valence-electron chi connectivity index (χ3n) is 3.52. The van der Waals surface area contributed by atoms with Crippen LogP contribution < -0.4 is 5.32 Å². The molecule has 86 valence electrons. The zero-order valence-corrected chi connectivity index (χ0v) is 9.69. The van der Waals surface area contributed by atoms with Crippen LogP contribution in [-0.4, -0.2) is 49.2 Å². The van der Waals surface area contributed by atoms with E-state index in [1.807, 2.05) is 11.9 Å². The van der Waals surface area contributed by atoms with Crippen LogP contribution in [0.3, 0.4) is 0 Å². The van der Waals surface area contributed by atoms with Crippen molar-refractivity contribution in [3.8, 4) is 0 Å². The summed E-state index contributed by atoms with van der Waals surface area (Å²) in [6, 6.07) is 0.558. The second kappa shape index (κ2) is 4.10. The van der Waals surface area contributed by atoms with E-state index in [0.717, 1.165) is 13.0 Å². The van der Waals surface area contributed by atoms with Crippen LogP contribution in [0.15, 0.2) is 0 Å². The summed E-state index contributed by atoms with van der Waals surface area (Å²) in [5.41, 5.74) is 0. The molecule has 0 spiro atoms. The molecule has 0 bridgehead atoms. The number of nitrogens with one attached hydrogen (secondary N) is 1. The average Bonchev–Trinajstić information content (AvgIpc) is 2.23. The van der Waals surface area contributed by atoms with Gasteiger partial charge in [0.2, 0.25) is 0 Å². The van der Waals surface area contributed by atoms with E-state index < -0.39 is 0 Å². The lowest BCUT2D eigenvalue weighted by Crippen LogP contribution is -2.63. The lowest BCUT2D eigenvalue weighted by Gasteiger charge is -2.45. The van der Waals surface area contributed by atoms with E-state index in [-0.39, 0.29) is 18.1 Å². The van der Waals surface area contributed by atoms with E-state index in [0.29, 0.717) is 18.6 Å². The number of ether oxygens (including phenoxy) is 1. The Balaban J connectivity index is 2.13. The number of hydrogen-bond donors (Lipinski definition) is 1. The standard InChI is InChI=1S/C11H20N2O2/c1-7(2)9-6-8-10(11(14)13(9)3)15-5-4-12-8/h7-10,12H,4-6H2,1-3H3. The summed E-state index contributed by atoms with van der Waals surface area (Å²) < 4.78 is 5.54. The first kappa shape index (κ1) is 10.9. The van der Waals surface area contributed by atoms with Gasteiger partial charge < -0.3 is 15.0 Å². The van der Waals surface area contributed by atoms with Crippen molar-refractivity contribution in [1.29, 1.82) is 0 Å². The summed E-state index contributed by atoms with van der Waals surface area (Å²) in [6.07, 6.45) is 0.753. The highest BCUT2D eigenvalue weighted by atomic mass is 16.5. The molecule has 2 fully saturated rings. The molecule has 4 heteroatoms. The van der Waals surface area contributed by atoms with Crippen LogP contribution in [0.2, 0.25) is 0 Å². The fourth-order valence-corrected chi connectivity index (χ4v) is 2.61. The zero-order valence-electron chi connectivity index (χ0n) is 9.69. The Hall–Kier alpha value is -0.610. The molecule has 2 heterocycles. The third-order valence-corrected chi connectivity index (χ3v) is 3.52. The van der Waals surface area contributed by atoms with Gasteiger partial charge in [0, 0.05) is 25.7 Å². The fourth-order valence-electron chi connectivity index (χ4n) is 2.61. The predicted octanol–water partition coefficient (Wildman–Crippen LogP) is 0.230. The number of carbonyl (C=O) groups excluding carboxylic acids is 1. The van der Waals surface area contributed by atoms with Crippen molar-refractivity contribution in [2.75, 3.05) is 20.2 Å². The minimum Gasteiger partial charge on any atom is -0.365 e. The Kier molecular flexibility index (Phi) is 2.98. The smallest absolute Gasteiger partial charge is 0.253 e. The molecule has 2 aliphatic heterocycles. The Labute approximate surface area is 91.0 Å². The molecule has 3 atom stereocenters. The minimum absolute atomic E-state index is 0.136. The van der Waals surface area contributed by atoms with Crippen molar-refractivity contribution in [3.05, 3.63) is 0 Å². The van der Waals surface area contributed by atoms with Crippen LogP contribution in [0.5, 0.6) is 0 Å². The van der Waals surface area contributed by atoms with Gasteiger partial charge in [-0.25, -0.2) is 0 Å². The summed E-state index contributed by atoms with van der Waals surface area (Å²) >= 11 is 0. The molecule has 15 heavy (non-hydrogen) atoms. The van der Waals surface area contributed by atoms with Crippen LogP contribution >= 0.6 is 0 Å². The average molecular weight is 212 g/mol. The van der Waals surface area contributed by atoms with Gasteiger partial charge in [0.15, 0.2) is 6.10 Å². The number of amides is 1. The predicted molar refractivity (Wildman–Crippen MR) is 57.5 cm³/mol. The first-order chi connectivity index (χ1) is 7.11. The molecule has 3 unspecified atom stereocenters. The normalized spacial score (nSPS) is 36.9. The Bertz CT molecular complexity index is 255. The second-order valence-corrected chi connectivity index (χ2v) is 4.85. The van der Waals surface area contributed by atoms with E-state index in [1.54, 1.807) is 0 Å². The number of fused-ring (bicyclic) bond motifs is 1. The summed E-state index contributed by atoms with van der Waals surface area (Å²) in [6.45, 7) is 5.84. The van der Waals surface area contributed by atoms with Gasteiger partial charge in [0.25, 0.3) is 5.91 Å². The highest BCUT2D eigenvalue weighted by Crippen LogP contribution is 2.26. The van der Waals surface area contributed by atoms with Crippen LogP contribution in [-0.2, 0) is 9.53 Å². The number of carbonyl (C=O) groups is 1. The third kappa shape index (κ3) is 1.88. The molecule has 0 aromatic heterocycles. The highest BCUT2D eigenvalue weighted by molar-refractivity contribution is 5.83. The Morgan fingerprint density at radius 1 is 1.53 bits per heavy atom. The van der Waals surface area contributed by atoms with Crippen molar-refractivity contribution in [2.45, 2.75) is 38.5 Å². The molecule has 1 N–H and O–H groups in total. The molecule has 2 saturated heterocycles. The van der Waals surface area contributed by atoms with E-state index in [1.165, 1.54) is 0 Å². The number of likely N-dealkylation sites (tertiary alicyclic amines) is 1. The number of hydrogen-bond acceptors (Lipinski definition) is 3. The highest BCUT2D eigenvalue weighted by Gasteiger charge is 2.42. The van der Waals surface area contributed by atoms with Crippen LogP contribution in [0.25, 0.3) is 0 Å². The van der Waals surface area contributed by atoms with Gasteiger partial charge in [-0.05, 0) is 12.3 Å². The maximum Gasteiger partial charge on any atom is 0.253 e. The SMILES string of the molecule is CC(C)C1CC2NCCOC2C(=O)N1C. The fraction of sp³-hybridized carbons (Fsp3) is 0.909. The van der Waals surface area contributed by atoms with Crippen molar-refractivity contribution in [1.82, 2.24) is 10.2 Å². The lowest BCUT2D eigenvalue weighted by atomic mass is 9.87. The molecule has 1 amide bonds. The van der Waals surface area contributed by atoms with Crippen LogP contribution in [0.4, 0.5) is 0 Å². The summed E-state index contributed by atoms with van der Waals surface area (Å²) in [5.74, 6) is 0.640. The second-order valence-electron chi connectivity index (χ2n) is 4.85. The monoisotopic (exact) mass is 212 g/mol. The van der Waals surface area contributed by atoms with Gasteiger partial charge in [0.1, 0.15) is 0 Å². The van der Waals surface area contributed by atoms with Crippen molar-refractivity contribution >= 4 is 5.91 Å². The molecular formula is C11H20N2O2. The molecule has 2 rings (SSSR count). The largest absolute Gasteiger partial charge is 0.365 e. The van der Waals surface area contributed by atoms with Gasteiger partial charge >= 0.3 is 0 Å². The molecule has 0 aliphatic carbocycles. The first-order valence-electron chi connectivity index (χ1n) is 5.73. The van der Waals surface area contributed by atoms with E-state index in [2.05, 4.69) is 19.2 Å². The lowest BCUT2D eigenvalue weighted by molar-refractivity contribution is -0.157. The molecule has 0 aromatic carbocycles. The quantitative estimate of drug-likeness (QED) is 0.676. The van der Waals surface area contributed by atoms with Gasteiger partial charge in [-0.1, -0.05) is 13.8 Å². The summed E-state index contributed by atoms with van der Waals surface area (Å²) in [4.78, 5) is 13.9. The van der Waals surface area contributed by atoms with E-state index in [4.69, 9.17) is 4.74 Å². The molecular weight excluding hydrogens is 192 g/mol. The molecule has 2 aliphatic rings. The molecule has 0 aromatic rings. The Morgan fingerprint density at radius 2 is 2.27 bits per heavy atom. The van der Waals surface area contributed by atoms with Gasteiger partial charge in [0.05, 0.1) is 6.61 Å².